The number of H-pyrrole nitrogens is 4. The van der Waals surface area contributed by atoms with Gasteiger partial charge in [-0.15, -0.1) is 32.1 Å². The lowest BCUT2D eigenvalue weighted by atomic mass is 9.93. The first-order valence-corrected chi connectivity index (χ1v) is 34.3. The third-order valence-corrected chi connectivity index (χ3v) is 19.7. The molecule has 5 aliphatic rings. The number of terminal acetylenes is 5. The zero-order chi connectivity index (χ0) is 84.7. The Morgan fingerprint density at radius 3 is 1.26 bits per heavy atom. The largest absolute Gasteiger partial charge is 0.391 e. The Hall–Kier alpha value is -11.6. The van der Waals surface area contributed by atoms with Crippen molar-refractivity contribution in [3.05, 3.63) is 85.2 Å². The minimum absolute atomic E-state index is 0.0177. The Balaban J connectivity index is 0.000000142. The van der Waals surface area contributed by atoms with Gasteiger partial charge in [-0.05, 0) is 40.7 Å². The molecule has 0 aliphatic carbocycles. The van der Waals surface area contributed by atoms with Gasteiger partial charge in [0.25, 0.3) is 16.7 Å². The van der Waals surface area contributed by atoms with Gasteiger partial charge in [0.15, 0.2) is 104 Å². The number of aliphatic hydroxyl groups excluding tert-OH is 10. The summed E-state index contributed by atoms with van der Waals surface area (Å²) >= 11 is 5.08. The number of rotatable bonds is 10. The summed E-state index contributed by atoms with van der Waals surface area (Å²) in [6.07, 6.45) is 9.35. The summed E-state index contributed by atoms with van der Waals surface area (Å²) in [6.45, 7) is 6.98. The van der Waals surface area contributed by atoms with E-state index in [4.69, 9.17) is 96.7 Å². The smallest absolute Gasteiger partial charge is 0.280 e. The number of nitrogen functional groups attached to an aromatic ring is 5. The highest BCUT2D eigenvalue weighted by molar-refractivity contribution is 7.71. The van der Waals surface area contributed by atoms with Crippen LogP contribution in [-0.2, 0) is 23.7 Å². The standard InChI is InChI=1S/C14H15FN4O5.C14H16N4O5.C13H15N5O5.C13H15N5O4S.C13H15N5O4/c1-3-14(23)9(21)8(5(2)20)24-12(14)19-4-6(15)7-10(19)17-13(16)18-11(7)22;1-3-14(22)9(20)8(6(2)19)23-12(14)18-5-4-7-10(18)16-13(15)17-11(7)21;1-3-13(22)8(20)7(5(2)19)23-11(13)18-4-15-6-9(18)16-12(14)17-10(6)21;1-3-13(21)8(20)7(5(2)19)22-11(13)18-4-15-6-9(18)16-12(14)17-10(6)23;1-3-13(21)9(20)8(6(2)19)22-11(13)18-5-16-7-4-15-12(14)17-10(7)18/h1,4-5,8-9,12,20-21,23H,2H3,(H3,16,17,18,22);1,4-6,8-9,12,19-20,22H,2H3,(H3,15,16,17,21);1,4-5,7-8,11,19-20,22H,2H3,(H3,14,16,17,21);1,4-5,7-8,11,19-21H,2H3,(H3,14,16,17,23);1,4-6,8-9,11,19-21H,2H3,(H2,14,15,17)/t5-,8+,9-,12+,14?;6-,8+,9-,12+,14?;2*5-,7+,8-,11+,13?;6-,8+,9-,11+,13?/m00000/s1. The fourth-order valence-electron chi connectivity index (χ4n) is 13.5. The average Bonchev–Trinajstić information content (AvgIpc) is 1.62. The van der Waals surface area contributed by atoms with Gasteiger partial charge in [-0.25, -0.2) is 29.3 Å². The number of anilines is 5. The van der Waals surface area contributed by atoms with Crippen molar-refractivity contribution in [1.29, 1.82) is 0 Å². The molecule has 115 heavy (non-hydrogen) atoms. The topological polar surface area (TPSA) is 735 Å². The first-order chi connectivity index (χ1) is 54.0. The molecule has 0 bridgehead atoms. The van der Waals surface area contributed by atoms with Crippen LogP contribution in [0.3, 0.4) is 0 Å². The van der Waals surface area contributed by atoms with E-state index < -0.39 is 179 Å². The fraction of sp³-hybridized carbons (Fsp3) is 0.448. The van der Waals surface area contributed by atoms with Gasteiger partial charge >= 0.3 is 0 Å². The Labute approximate surface area is 648 Å². The number of hydrogen-bond donors (Lipinski definition) is 24. The number of nitrogens with zero attached hydrogens (tertiary/aromatic N) is 14. The van der Waals surface area contributed by atoms with Crippen molar-refractivity contribution < 1.29 is 105 Å². The summed E-state index contributed by atoms with van der Waals surface area (Å²) in [5.74, 6) is 9.08. The van der Waals surface area contributed by atoms with Crippen molar-refractivity contribution in [2.24, 2.45) is 0 Å². The number of aromatic amines is 4. The summed E-state index contributed by atoms with van der Waals surface area (Å²) in [5, 5.41) is 152. The second kappa shape index (κ2) is 31.3. The second-order valence-corrected chi connectivity index (χ2v) is 27.5. The number of aliphatic hydroxyl groups is 15. The van der Waals surface area contributed by atoms with E-state index in [1.54, 1.807) is 0 Å². The van der Waals surface area contributed by atoms with Crippen LogP contribution in [0.4, 0.5) is 34.1 Å². The number of halogens is 1. The van der Waals surface area contributed by atoms with E-state index >= 15 is 0 Å². The highest BCUT2D eigenvalue weighted by atomic mass is 32.1. The highest BCUT2D eigenvalue weighted by Crippen LogP contribution is 2.46. The number of ether oxygens (including phenoxy) is 5. The van der Waals surface area contributed by atoms with Crippen LogP contribution < -0.4 is 45.3 Å². The molecule has 0 aromatic carbocycles. The minimum atomic E-state index is -2.28. The molecule has 0 saturated carbocycles. The minimum Gasteiger partial charge on any atom is -0.391 e. The van der Waals surface area contributed by atoms with E-state index in [-0.39, 0.29) is 62.2 Å². The van der Waals surface area contributed by atoms with Crippen molar-refractivity contribution in [3.8, 4) is 61.7 Å². The number of nitrogens with one attached hydrogen (secondary N) is 4. The zero-order valence-corrected chi connectivity index (χ0v) is 61.2. The van der Waals surface area contributed by atoms with Gasteiger partial charge in [-0.1, -0.05) is 41.8 Å². The monoisotopic (exact) mass is 1620 g/mol. The quantitative estimate of drug-likeness (QED) is 0.0447. The predicted molar refractivity (Wildman–Crippen MR) is 396 cm³/mol. The van der Waals surface area contributed by atoms with Gasteiger partial charge in [-0.3, -0.25) is 47.6 Å². The van der Waals surface area contributed by atoms with E-state index in [1.807, 2.05) is 5.92 Å². The van der Waals surface area contributed by atoms with Crippen LogP contribution >= 0.6 is 12.2 Å². The third-order valence-electron chi connectivity index (χ3n) is 19.4. The van der Waals surface area contributed by atoms with E-state index in [1.165, 1.54) is 90.3 Å². The molecule has 29 N–H and O–H groups in total. The van der Waals surface area contributed by atoms with Crippen LogP contribution in [0.2, 0.25) is 0 Å². The van der Waals surface area contributed by atoms with Crippen LogP contribution in [0, 0.1) is 72.2 Å². The van der Waals surface area contributed by atoms with Crippen LogP contribution in [0.5, 0.6) is 0 Å². The second-order valence-electron chi connectivity index (χ2n) is 27.1. The van der Waals surface area contributed by atoms with E-state index in [0.717, 1.165) is 10.8 Å². The molecule has 0 spiro atoms. The molecular formula is C67H76FN23O23S. The van der Waals surface area contributed by atoms with Crippen LogP contribution in [0.15, 0.2) is 58.0 Å². The Morgan fingerprint density at radius 1 is 0.461 bits per heavy atom. The van der Waals surface area contributed by atoms with Gasteiger partial charge in [-0.2, -0.15) is 19.9 Å². The van der Waals surface area contributed by atoms with Gasteiger partial charge < -0.3 is 139 Å². The fourth-order valence-corrected chi connectivity index (χ4v) is 13.7. The summed E-state index contributed by atoms with van der Waals surface area (Å²) in [4.78, 5) is 80.7. The van der Waals surface area contributed by atoms with Gasteiger partial charge in [0.2, 0.25) is 23.8 Å². The van der Waals surface area contributed by atoms with E-state index in [2.05, 4.69) is 88.5 Å². The normalized spacial score (nSPS) is 32.1. The van der Waals surface area contributed by atoms with Gasteiger partial charge in [0.05, 0.1) is 61.1 Å². The third kappa shape index (κ3) is 14.3. The molecule has 10 aromatic rings. The first-order valence-electron chi connectivity index (χ1n) is 33.9. The molecule has 0 radical (unpaired) electrons. The van der Waals surface area contributed by atoms with E-state index in [0.29, 0.717) is 22.3 Å². The zero-order valence-electron chi connectivity index (χ0n) is 60.4. The molecule has 610 valence electrons. The Morgan fingerprint density at radius 2 is 0.817 bits per heavy atom. The number of hydrogen-bond acceptors (Lipinski definition) is 38. The molecule has 5 fully saturated rings. The molecule has 5 unspecified atom stereocenters. The number of fused-ring (bicyclic) bond motifs is 5. The SMILES string of the molecule is C#CC1(O)[C@@H](O)[C@@H]([C@H](C)O)O[C@H]1n1cc(F)c2c(=O)[nH]c(N)nc21.C#CC1(O)[C@@H](O)[C@@H]([C@H](C)O)O[C@H]1n1ccc2c(=O)[nH]c(N)nc21.C#CC1(O)[C@@H](O)[C@@H]([C@H](C)O)O[C@H]1n1cnc2c(=O)[nH]c(N)nc21.C#CC1(O)[C@@H](O)[C@@H]([C@H](C)O)O[C@H]1n1cnc2c(=S)nc(N)[nH]c21.C#CC1(O)[C@@H](O)[C@@H]([C@H](C)O)O[C@H]1n1cnc2cnc(N)nc21. The Bertz CT molecular complexity index is 5510. The van der Waals surface area contributed by atoms with Crippen molar-refractivity contribution in [1.82, 2.24) is 87.6 Å². The lowest BCUT2D eigenvalue weighted by Crippen LogP contribution is -2.47. The van der Waals surface area contributed by atoms with Crippen molar-refractivity contribution in [3.63, 3.8) is 0 Å². The maximum Gasteiger partial charge on any atom is 0.280 e. The van der Waals surface area contributed by atoms with Crippen molar-refractivity contribution in [2.45, 2.75) is 185 Å². The molecule has 10 aromatic heterocycles. The van der Waals surface area contributed by atoms with Gasteiger partial charge in [0.1, 0.15) is 83.1 Å². The lowest BCUT2D eigenvalue weighted by molar-refractivity contribution is -0.0847. The van der Waals surface area contributed by atoms with Crippen molar-refractivity contribution in [2.75, 3.05) is 28.7 Å². The molecular weight excluding hydrogens is 1550 g/mol. The summed E-state index contributed by atoms with van der Waals surface area (Å²) in [6, 6.07) is 1.46. The molecule has 5 saturated heterocycles. The Kier molecular flexibility index (Phi) is 23.0. The lowest BCUT2D eigenvalue weighted by Gasteiger charge is -2.26. The highest BCUT2D eigenvalue weighted by Gasteiger charge is 2.62. The number of imidazole rings is 3. The van der Waals surface area contributed by atoms with Gasteiger partial charge in [0, 0.05) is 12.4 Å². The first kappa shape index (κ1) is 84.4. The average molecular weight is 1620 g/mol. The molecule has 15 rings (SSSR count). The predicted octanol–water partition coefficient (Wildman–Crippen LogP) is -8.05. The maximum absolute atomic E-state index is 14.1. The molecule has 5 aliphatic heterocycles. The molecule has 25 atom stereocenters. The molecule has 15 heterocycles. The maximum atomic E-state index is 14.1. The molecule has 48 heteroatoms. The summed E-state index contributed by atoms with van der Waals surface area (Å²) in [5.41, 5.74) is 16.6. The van der Waals surface area contributed by atoms with Crippen LogP contribution in [0.25, 0.3) is 55.6 Å². The summed E-state index contributed by atoms with van der Waals surface area (Å²) < 4.78 is 48.2. The molecule has 0 amide bonds. The summed E-state index contributed by atoms with van der Waals surface area (Å²) in [7, 11) is 0. The number of aromatic nitrogens is 18. The van der Waals surface area contributed by atoms with E-state index in [9.17, 15) is 95.4 Å². The van der Waals surface area contributed by atoms with Crippen LogP contribution in [0.1, 0.15) is 65.8 Å². The van der Waals surface area contributed by atoms with Crippen molar-refractivity contribution >= 4 is 97.5 Å². The molecule has 46 nitrogen and oxygen atoms in total. The number of nitrogens with two attached hydrogens (primary N) is 5. The van der Waals surface area contributed by atoms with Crippen LogP contribution in [-0.4, -0.2) is 284 Å².